The van der Waals surface area contributed by atoms with Crippen molar-refractivity contribution in [3.8, 4) is 11.5 Å². The molecule has 19 heavy (non-hydrogen) atoms. The van der Waals surface area contributed by atoms with E-state index in [1.54, 1.807) is 0 Å². The molecule has 0 bridgehead atoms. The van der Waals surface area contributed by atoms with Gasteiger partial charge >= 0.3 is 0 Å². The fourth-order valence-corrected chi connectivity index (χ4v) is 2.40. The van der Waals surface area contributed by atoms with Crippen LogP contribution in [0.1, 0.15) is 0 Å². The van der Waals surface area contributed by atoms with Gasteiger partial charge in [0.1, 0.15) is 11.6 Å². The third kappa shape index (κ3) is 3.37. The van der Waals surface area contributed by atoms with Crippen molar-refractivity contribution in [2.24, 2.45) is 0 Å². The molecule has 0 saturated carbocycles. The molecule has 0 fully saturated rings. The normalized spacial score (nSPS) is 10.6. The van der Waals surface area contributed by atoms with E-state index in [0.717, 1.165) is 0 Å². The topological polar surface area (TPSA) is 35.2 Å². The Kier molecular flexibility index (Phi) is 4.66. The van der Waals surface area contributed by atoms with Gasteiger partial charge in [-0.1, -0.05) is 34.8 Å². The first-order chi connectivity index (χ1) is 8.88. The first-order valence-electron chi connectivity index (χ1n) is 4.95. The number of nitrogens with two attached hydrogens (primary N) is 1. The highest BCUT2D eigenvalue weighted by Crippen LogP contribution is 2.38. The second-order valence-corrected chi connectivity index (χ2v) is 5.99. The van der Waals surface area contributed by atoms with Gasteiger partial charge < -0.3 is 10.5 Å². The van der Waals surface area contributed by atoms with Crippen molar-refractivity contribution in [1.82, 2.24) is 0 Å². The summed E-state index contributed by atoms with van der Waals surface area (Å²) in [5.41, 5.74) is 6.06. The molecule has 0 atom stereocenters. The van der Waals surface area contributed by atoms with Crippen LogP contribution in [0.25, 0.3) is 0 Å². The fourth-order valence-electron chi connectivity index (χ4n) is 1.33. The molecule has 2 nitrogen and oxygen atoms in total. The highest BCUT2D eigenvalue weighted by atomic mass is 127. The van der Waals surface area contributed by atoms with E-state index in [1.807, 2.05) is 22.6 Å². The van der Waals surface area contributed by atoms with Crippen molar-refractivity contribution < 1.29 is 9.13 Å². The zero-order valence-corrected chi connectivity index (χ0v) is 13.6. The summed E-state index contributed by atoms with van der Waals surface area (Å²) in [5.74, 6) is -0.0115. The van der Waals surface area contributed by atoms with Gasteiger partial charge in [-0.3, -0.25) is 0 Å². The van der Waals surface area contributed by atoms with E-state index in [1.165, 1.54) is 24.3 Å². The first kappa shape index (κ1) is 15.0. The van der Waals surface area contributed by atoms with Crippen LogP contribution in [0, 0.1) is 9.39 Å². The molecule has 0 radical (unpaired) electrons. The van der Waals surface area contributed by atoms with Gasteiger partial charge in [-0.05, 0) is 34.7 Å². The highest BCUT2D eigenvalue weighted by Gasteiger charge is 2.12. The lowest BCUT2D eigenvalue weighted by atomic mass is 10.3. The van der Waals surface area contributed by atoms with Crippen molar-refractivity contribution in [1.29, 1.82) is 0 Å². The van der Waals surface area contributed by atoms with Crippen molar-refractivity contribution in [2.45, 2.75) is 0 Å². The molecule has 0 aliphatic rings. The zero-order valence-electron chi connectivity index (χ0n) is 9.18. The van der Waals surface area contributed by atoms with Crippen molar-refractivity contribution in [2.75, 3.05) is 5.73 Å². The molecule has 7 heteroatoms. The van der Waals surface area contributed by atoms with Gasteiger partial charge in [-0.25, -0.2) is 4.39 Å². The number of rotatable bonds is 2. The summed E-state index contributed by atoms with van der Waals surface area (Å²) in [6.45, 7) is 0. The second-order valence-electron chi connectivity index (χ2n) is 3.60. The average Bonchev–Trinajstić information content (AvgIpc) is 2.32. The van der Waals surface area contributed by atoms with Crippen LogP contribution in [-0.4, -0.2) is 0 Å². The van der Waals surface area contributed by atoms with Crippen LogP contribution in [0.2, 0.25) is 15.1 Å². The van der Waals surface area contributed by atoms with Gasteiger partial charge in [-0.2, -0.15) is 0 Å². The third-order valence-electron chi connectivity index (χ3n) is 2.25. The molecule has 2 aromatic rings. The second kappa shape index (κ2) is 5.91. The quantitative estimate of drug-likeness (QED) is 0.372. The maximum absolute atomic E-state index is 13.5. The number of hydrogen-bond acceptors (Lipinski definition) is 2. The molecule has 0 aromatic heterocycles. The SMILES string of the molecule is Nc1cc(I)c(F)cc1Oc1cc(Cl)c(Cl)cc1Cl. The van der Waals surface area contributed by atoms with Crippen LogP contribution in [0.15, 0.2) is 24.3 Å². The van der Waals surface area contributed by atoms with Gasteiger partial charge in [-0.15, -0.1) is 0 Å². The van der Waals surface area contributed by atoms with E-state index in [4.69, 9.17) is 45.3 Å². The monoisotopic (exact) mass is 431 g/mol. The summed E-state index contributed by atoms with van der Waals surface area (Å²) >= 11 is 19.5. The number of benzene rings is 2. The molecule has 2 rings (SSSR count). The lowest BCUT2D eigenvalue weighted by molar-refractivity contribution is 0.479. The van der Waals surface area contributed by atoms with E-state index >= 15 is 0 Å². The molecule has 0 unspecified atom stereocenters. The molecule has 0 amide bonds. The van der Waals surface area contributed by atoms with Gasteiger partial charge in [0.25, 0.3) is 0 Å². The highest BCUT2D eigenvalue weighted by molar-refractivity contribution is 14.1. The fraction of sp³-hybridized carbons (Fsp3) is 0. The molecule has 100 valence electrons. The van der Waals surface area contributed by atoms with E-state index in [9.17, 15) is 4.39 Å². The molecular formula is C12H6Cl3FINO. The summed E-state index contributed by atoms with van der Waals surface area (Å²) in [6.07, 6.45) is 0. The maximum atomic E-state index is 13.5. The lowest BCUT2D eigenvalue weighted by Gasteiger charge is -2.11. The van der Waals surface area contributed by atoms with Crippen LogP contribution in [0.4, 0.5) is 10.1 Å². The van der Waals surface area contributed by atoms with Crippen LogP contribution in [0.3, 0.4) is 0 Å². The zero-order chi connectivity index (χ0) is 14.2. The molecule has 0 spiro atoms. The van der Waals surface area contributed by atoms with Gasteiger partial charge in [0, 0.05) is 12.1 Å². The van der Waals surface area contributed by atoms with E-state index in [-0.39, 0.29) is 21.5 Å². The predicted molar refractivity (Wildman–Crippen MR) is 85.1 cm³/mol. The van der Waals surface area contributed by atoms with Gasteiger partial charge in [0.05, 0.1) is 24.3 Å². The average molecular weight is 432 g/mol. The molecule has 2 aromatic carbocycles. The Hall–Kier alpha value is -0.430. The Labute approximate surface area is 137 Å². The van der Waals surface area contributed by atoms with E-state index in [0.29, 0.717) is 14.3 Å². The van der Waals surface area contributed by atoms with Crippen LogP contribution in [-0.2, 0) is 0 Å². The lowest BCUT2D eigenvalue weighted by Crippen LogP contribution is -1.95. The number of hydrogen-bond donors (Lipinski definition) is 1. The van der Waals surface area contributed by atoms with Crippen LogP contribution < -0.4 is 10.5 Å². The Morgan fingerprint density at radius 3 is 2.26 bits per heavy atom. The predicted octanol–water partition coefficient (Wildman–Crippen LogP) is 5.77. The number of nitrogen functional groups attached to an aromatic ring is 1. The molecular weight excluding hydrogens is 426 g/mol. The third-order valence-corrected chi connectivity index (χ3v) is 4.09. The van der Waals surface area contributed by atoms with Crippen molar-refractivity contribution in [3.63, 3.8) is 0 Å². The maximum Gasteiger partial charge on any atom is 0.153 e. The summed E-state index contributed by atoms with van der Waals surface area (Å²) in [6, 6.07) is 5.55. The number of ether oxygens (including phenoxy) is 1. The minimum Gasteiger partial charge on any atom is -0.453 e. The summed E-state index contributed by atoms with van der Waals surface area (Å²) in [7, 11) is 0. The Morgan fingerprint density at radius 2 is 1.58 bits per heavy atom. The molecule has 0 aliphatic heterocycles. The largest absolute Gasteiger partial charge is 0.453 e. The Balaban J connectivity index is 2.42. The minimum absolute atomic E-state index is 0.165. The van der Waals surface area contributed by atoms with Crippen LogP contribution >= 0.6 is 57.4 Å². The summed E-state index contributed by atoms with van der Waals surface area (Å²) in [5, 5.41) is 0.846. The van der Waals surface area contributed by atoms with Crippen molar-refractivity contribution >= 4 is 63.1 Å². The number of halogens is 5. The smallest absolute Gasteiger partial charge is 0.153 e. The number of anilines is 1. The molecule has 2 N–H and O–H groups in total. The Morgan fingerprint density at radius 1 is 0.947 bits per heavy atom. The van der Waals surface area contributed by atoms with Gasteiger partial charge in [0.15, 0.2) is 5.75 Å². The van der Waals surface area contributed by atoms with Gasteiger partial charge in [0.2, 0.25) is 0 Å². The first-order valence-corrected chi connectivity index (χ1v) is 7.16. The van der Waals surface area contributed by atoms with E-state index in [2.05, 4.69) is 0 Å². The van der Waals surface area contributed by atoms with E-state index < -0.39 is 5.82 Å². The van der Waals surface area contributed by atoms with Crippen LogP contribution in [0.5, 0.6) is 11.5 Å². The van der Waals surface area contributed by atoms with Crippen molar-refractivity contribution in [3.05, 3.63) is 48.7 Å². The summed E-state index contributed by atoms with van der Waals surface area (Å²) in [4.78, 5) is 0. The molecule has 0 aliphatic carbocycles. The molecule has 0 saturated heterocycles. The minimum atomic E-state index is -0.430. The standard InChI is InChI=1S/C12H6Cl3FINO/c13-5-1-7(15)11(2-6(5)14)19-12-3-8(16)9(17)4-10(12)18/h1-4H,18H2. The molecule has 0 heterocycles. The summed E-state index contributed by atoms with van der Waals surface area (Å²) < 4.78 is 19.4. The Bertz CT molecular complexity index is 596.